The number of carbonyl (C=O) groups excluding carboxylic acids is 1. The third-order valence-electron chi connectivity index (χ3n) is 6.62. The van der Waals surface area contributed by atoms with Crippen molar-refractivity contribution in [1.29, 1.82) is 0 Å². The summed E-state index contributed by atoms with van der Waals surface area (Å²) in [5.41, 5.74) is 2.69. The fourth-order valence-electron chi connectivity index (χ4n) is 4.64. The molecule has 0 unspecified atom stereocenters. The number of nitrogens with zero attached hydrogens (tertiary/aromatic N) is 3. The number of carboxylic acid groups (broad SMARTS) is 2. The van der Waals surface area contributed by atoms with E-state index in [0.717, 1.165) is 65.1 Å². The van der Waals surface area contributed by atoms with Crippen LogP contribution in [0, 0.1) is 5.92 Å². The molecule has 2 aromatic rings. The van der Waals surface area contributed by atoms with Crippen molar-refractivity contribution in [2.45, 2.75) is 25.7 Å². The van der Waals surface area contributed by atoms with Gasteiger partial charge in [0.2, 0.25) is 5.91 Å². The number of amides is 1. The Labute approximate surface area is 206 Å². The van der Waals surface area contributed by atoms with Gasteiger partial charge in [0.15, 0.2) is 0 Å². The molecular formula is C27H35N3O5. The van der Waals surface area contributed by atoms with Crippen molar-refractivity contribution >= 4 is 23.5 Å². The van der Waals surface area contributed by atoms with Gasteiger partial charge in [-0.3, -0.25) is 4.79 Å². The van der Waals surface area contributed by atoms with Crippen LogP contribution < -0.4 is 4.90 Å². The lowest BCUT2D eigenvalue weighted by Gasteiger charge is -2.39. The molecule has 1 amide bonds. The highest BCUT2D eigenvalue weighted by Crippen LogP contribution is 2.22. The van der Waals surface area contributed by atoms with Crippen LogP contribution in [0.4, 0.5) is 5.69 Å². The number of para-hydroxylation sites is 1. The van der Waals surface area contributed by atoms with Crippen molar-refractivity contribution in [3.05, 3.63) is 66.2 Å². The van der Waals surface area contributed by atoms with E-state index in [9.17, 15) is 4.79 Å². The molecule has 35 heavy (non-hydrogen) atoms. The molecule has 2 aliphatic rings. The summed E-state index contributed by atoms with van der Waals surface area (Å²) < 4.78 is 0. The lowest BCUT2D eigenvalue weighted by molar-refractivity contribution is -0.159. The molecule has 2 heterocycles. The van der Waals surface area contributed by atoms with Crippen molar-refractivity contribution in [1.82, 2.24) is 9.80 Å². The van der Waals surface area contributed by atoms with E-state index in [1.165, 1.54) is 17.7 Å². The van der Waals surface area contributed by atoms with Gasteiger partial charge in [-0.05, 0) is 63.0 Å². The molecule has 0 saturated carbocycles. The largest absolute Gasteiger partial charge is 0.473 e. The maximum atomic E-state index is 13.0. The normalized spacial score (nSPS) is 16.8. The standard InChI is InChI=1S/C25H33N3O.C2H2O4/c29-25(28-20-18-27(19-21-28)24-11-5-2-6-12-24)23-13-16-26(17-14-23)15-7-10-22-8-3-1-4-9-22;3-1(4)2(5)6/h1-6,8-9,11-12,23H,7,10,13-21H2;(H,3,4)(H,5,6). The van der Waals surface area contributed by atoms with Crippen LogP contribution >= 0.6 is 0 Å². The zero-order chi connectivity index (χ0) is 25.0. The van der Waals surface area contributed by atoms with Crippen LogP contribution in [0.5, 0.6) is 0 Å². The number of carbonyl (C=O) groups is 3. The van der Waals surface area contributed by atoms with Gasteiger partial charge in [0.1, 0.15) is 0 Å². The number of piperazine rings is 1. The van der Waals surface area contributed by atoms with E-state index in [-0.39, 0.29) is 5.92 Å². The monoisotopic (exact) mass is 481 g/mol. The zero-order valence-corrected chi connectivity index (χ0v) is 20.1. The van der Waals surface area contributed by atoms with Gasteiger partial charge in [-0.25, -0.2) is 9.59 Å². The van der Waals surface area contributed by atoms with Gasteiger partial charge >= 0.3 is 11.9 Å². The van der Waals surface area contributed by atoms with E-state index >= 15 is 0 Å². The molecule has 0 atom stereocenters. The minimum atomic E-state index is -1.82. The number of hydrogen-bond acceptors (Lipinski definition) is 5. The Morgan fingerprint density at radius 3 is 1.83 bits per heavy atom. The first-order chi connectivity index (χ1) is 16.9. The Bertz CT molecular complexity index is 926. The molecule has 188 valence electrons. The van der Waals surface area contributed by atoms with Crippen molar-refractivity contribution in [3.63, 3.8) is 0 Å². The highest BCUT2D eigenvalue weighted by atomic mass is 16.4. The number of anilines is 1. The maximum Gasteiger partial charge on any atom is 0.414 e. The van der Waals surface area contributed by atoms with Gasteiger partial charge in [-0.1, -0.05) is 48.5 Å². The molecule has 2 aromatic carbocycles. The number of benzene rings is 2. The molecule has 0 spiro atoms. The van der Waals surface area contributed by atoms with Crippen molar-refractivity contribution in [3.8, 4) is 0 Å². The van der Waals surface area contributed by atoms with Gasteiger partial charge in [0, 0.05) is 37.8 Å². The predicted molar refractivity (Wildman–Crippen MR) is 134 cm³/mol. The van der Waals surface area contributed by atoms with E-state index in [0.29, 0.717) is 5.91 Å². The summed E-state index contributed by atoms with van der Waals surface area (Å²) in [5.74, 6) is -3.03. The summed E-state index contributed by atoms with van der Waals surface area (Å²) in [4.78, 5) is 38.2. The first-order valence-corrected chi connectivity index (χ1v) is 12.3. The second-order valence-corrected chi connectivity index (χ2v) is 8.96. The van der Waals surface area contributed by atoms with E-state index in [1.54, 1.807) is 0 Å². The predicted octanol–water partition coefficient (Wildman–Crippen LogP) is 2.84. The number of piperidine rings is 1. The summed E-state index contributed by atoms with van der Waals surface area (Å²) in [6.07, 6.45) is 4.38. The lowest BCUT2D eigenvalue weighted by atomic mass is 9.94. The molecule has 2 N–H and O–H groups in total. The molecule has 0 bridgehead atoms. The second kappa shape index (κ2) is 13.5. The van der Waals surface area contributed by atoms with E-state index < -0.39 is 11.9 Å². The van der Waals surface area contributed by atoms with Gasteiger partial charge in [-0.15, -0.1) is 0 Å². The molecule has 4 rings (SSSR count). The fraction of sp³-hybridized carbons (Fsp3) is 0.444. The Kier molecular flexibility index (Phi) is 10.1. The minimum absolute atomic E-state index is 0.226. The quantitative estimate of drug-likeness (QED) is 0.612. The Hall–Kier alpha value is -3.39. The number of rotatable bonds is 6. The first kappa shape index (κ1) is 26.2. The minimum Gasteiger partial charge on any atom is -0.473 e. The number of carboxylic acids is 2. The SMILES string of the molecule is O=C(C1CCN(CCCc2ccccc2)CC1)N1CCN(c2ccccc2)CC1.O=C(O)C(=O)O. The van der Waals surface area contributed by atoms with Gasteiger partial charge in [0.05, 0.1) is 0 Å². The van der Waals surface area contributed by atoms with Gasteiger partial charge in [0.25, 0.3) is 0 Å². The number of aliphatic carboxylic acids is 2. The summed E-state index contributed by atoms with van der Waals surface area (Å²) >= 11 is 0. The van der Waals surface area contributed by atoms with Gasteiger partial charge < -0.3 is 24.9 Å². The average Bonchev–Trinajstić information content (AvgIpc) is 2.90. The zero-order valence-electron chi connectivity index (χ0n) is 20.1. The van der Waals surface area contributed by atoms with Crippen LogP contribution in [-0.2, 0) is 20.8 Å². The van der Waals surface area contributed by atoms with Gasteiger partial charge in [-0.2, -0.15) is 0 Å². The fourth-order valence-corrected chi connectivity index (χ4v) is 4.64. The van der Waals surface area contributed by atoms with E-state index in [2.05, 4.69) is 75.4 Å². The summed E-state index contributed by atoms with van der Waals surface area (Å²) in [6.45, 7) is 6.86. The van der Waals surface area contributed by atoms with Crippen LogP contribution in [0.2, 0.25) is 0 Å². The molecule has 8 nitrogen and oxygen atoms in total. The molecular weight excluding hydrogens is 446 g/mol. The van der Waals surface area contributed by atoms with Crippen molar-refractivity contribution in [2.24, 2.45) is 5.92 Å². The second-order valence-electron chi connectivity index (χ2n) is 8.96. The number of aryl methyl sites for hydroxylation is 1. The van der Waals surface area contributed by atoms with Crippen LogP contribution in [0.3, 0.4) is 0 Å². The molecule has 0 aromatic heterocycles. The van der Waals surface area contributed by atoms with Crippen LogP contribution in [0.25, 0.3) is 0 Å². The Morgan fingerprint density at radius 2 is 1.29 bits per heavy atom. The topological polar surface area (TPSA) is 101 Å². The molecule has 8 heteroatoms. The number of hydrogen-bond donors (Lipinski definition) is 2. The molecule has 0 aliphatic carbocycles. The lowest BCUT2D eigenvalue weighted by Crippen LogP contribution is -2.51. The smallest absolute Gasteiger partial charge is 0.414 e. The third kappa shape index (κ3) is 8.40. The highest BCUT2D eigenvalue weighted by Gasteiger charge is 2.30. The Balaban J connectivity index is 0.000000509. The first-order valence-electron chi connectivity index (χ1n) is 12.3. The summed E-state index contributed by atoms with van der Waals surface area (Å²) in [6, 6.07) is 21.3. The third-order valence-corrected chi connectivity index (χ3v) is 6.62. The Morgan fingerprint density at radius 1 is 0.743 bits per heavy atom. The molecule has 2 fully saturated rings. The molecule has 0 radical (unpaired) electrons. The van der Waals surface area contributed by atoms with E-state index in [4.69, 9.17) is 19.8 Å². The molecule has 2 saturated heterocycles. The van der Waals surface area contributed by atoms with Crippen LogP contribution in [0.1, 0.15) is 24.8 Å². The maximum absolute atomic E-state index is 13.0. The summed E-state index contributed by atoms with van der Waals surface area (Å²) in [7, 11) is 0. The highest BCUT2D eigenvalue weighted by molar-refractivity contribution is 6.27. The number of likely N-dealkylation sites (tertiary alicyclic amines) is 1. The van der Waals surface area contributed by atoms with Crippen LogP contribution in [-0.4, -0.2) is 83.7 Å². The average molecular weight is 482 g/mol. The molecule has 2 aliphatic heterocycles. The van der Waals surface area contributed by atoms with Crippen molar-refractivity contribution < 1.29 is 24.6 Å². The summed E-state index contributed by atoms with van der Waals surface area (Å²) in [5, 5.41) is 14.8. The van der Waals surface area contributed by atoms with Crippen molar-refractivity contribution in [2.75, 3.05) is 50.7 Å². The van der Waals surface area contributed by atoms with E-state index in [1.807, 2.05) is 0 Å². The van der Waals surface area contributed by atoms with Crippen LogP contribution in [0.15, 0.2) is 60.7 Å².